The van der Waals surface area contributed by atoms with Crippen molar-refractivity contribution in [2.45, 2.75) is 12.1 Å². The zero-order valence-electron chi connectivity index (χ0n) is 15.9. The number of fused-ring (bicyclic) bond motifs is 2. The van der Waals surface area contributed by atoms with Crippen molar-refractivity contribution in [3.05, 3.63) is 81.6 Å². The summed E-state index contributed by atoms with van der Waals surface area (Å²) < 4.78 is 2.92. The zero-order valence-corrected chi connectivity index (χ0v) is 16.8. The Hall–Kier alpha value is -3.72. The molecule has 0 radical (unpaired) electrons. The van der Waals surface area contributed by atoms with Crippen molar-refractivity contribution in [3.8, 4) is 11.6 Å². The molecule has 8 nitrogen and oxygen atoms in total. The van der Waals surface area contributed by atoms with Gasteiger partial charge >= 0.3 is 0 Å². The number of aromatic amines is 1. The van der Waals surface area contributed by atoms with E-state index in [-0.39, 0.29) is 11.1 Å². The Labute approximate surface area is 174 Å². The second-order valence-electron chi connectivity index (χ2n) is 6.55. The van der Waals surface area contributed by atoms with Gasteiger partial charge in [0.2, 0.25) is 11.1 Å². The maximum atomic E-state index is 13.1. The number of aromatic nitrogens is 6. The van der Waals surface area contributed by atoms with Gasteiger partial charge in [-0.1, -0.05) is 36.9 Å². The van der Waals surface area contributed by atoms with Crippen molar-refractivity contribution in [1.29, 1.82) is 0 Å². The molecule has 4 aromatic heterocycles. The quantitative estimate of drug-likeness (QED) is 0.357. The van der Waals surface area contributed by atoms with Gasteiger partial charge in [-0.25, -0.2) is 10.1 Å². The minimum atomic E-state index is -0.319. The summed E-state index contributed by atoms with van der Waals surface area (Å²) in [5.74, 6) is 1.15. The monoisotopic (exact) mass is 416 g/mol. The largest absolute Gasteiger partial charge is 0.284 e. The third-order valence-corrected chi connectivity index (χ3v) is 5.46. The standard InChI is InChI=1S/C21H16N6O2S/c1-2-30-21-23-20(24-25-21)27-11-9-17-15(19(27)29)12-14-16(22-17)8-10-26(18(14)28)13-6-4-3-5-7-13/h3-12H,2H2,1H3,(H,23,24,25). The van der Waals surface area contributed by atoms with E-state index in [1.807, 2.05) is 37.3 Å². The number of para-hydroxylation sites is 1. The van der Waals surface area contributed by atoms with E-state index in [0.717, 1.165) is 11.4 Å². The van der Waals surface area contributed by atoms with Gasteiger partial charge in [-0.3, -0.25) is 18.7 Å². The fraction of sp³-hybridized carbons (Fsp3) is 0.0952. The molecule has 0 amide bonds. The lowest BCUT2D eigenvalue weighted by atomic mass is 10.2. The first-order valence-corrected chi connectivity index (χ1v) is 10.3. The SMILES string of the molecule is CCSc1n[nH]c(-n2ccc3nc4ccn(-c5ccccc5)c(=O)c4cc3c2=O)n1. The Bertz CT molecular complexity index is 1500. The molecule has 0 spiro atoms. The van der Waals surface area contributed by atoms with Crippen LogP contribution in [-0.2, 0) is 0 Å². The molecule has 1 aromatic carbocycles. The van der Waals surface area contributed by atoms with E-state index < -0.39 is 0 Å². The number of pyridine rings is 3. The first kappa shape index (κ1) is 18.3. The molecule has 4 heterocycles. The molecule has 1 N–H and O–H groups in total. The second-order valence-corrected chi connectivity index (χ2v) is 7.78. The topological polar surface area (TPSA) is 98.5 Å². The number of hydrogen-bond acceptors (Lipinski definition) is 6. The number of nitrogens with one attached hydrogen (secondary N) is 1. The molecule has 5 aromatic rings. The van der Waals surface area contributed by atoms with Gasteiger partial charge in [0.1, 0.15) is 0 Å². The summed E-state index contributed by atoms with van der Waals surface area (Å²) >= 11 is 1.48. The predicted octanol–water partition coefficient (Wildman–Crippen LogP) is 2.92. The second kappa shape index (κ2) is 7.27. The normalized spacial score (nSPS) is 11.4. The number of hydrogen-bond donors (Lipinski definition) is 1. The molecule has 0 aliphatic rings. The maximum absolute atomic E-state index is 13.1. The number of thioether (sulfide) groups is 1. The molecule has 0 aliphatic heterocycles. The van der Waals surface area contributed by atoms with Crippen LogP contribution in [0.4, 0.5) is 0 Å². The Kier molecular flexibility index (Phi) is 4.44. The summed E-state index contributed by atoms with van der Waals surface area (Å²) in [5.41, 5.74) is 1.25. The number of H-pyrrole nitrogens is 1. The van der Waals surface area contributed by atoms with Crippen LogP contribution < -0.4 is 11.1 Å². The van der Waals surface area contributed by atoms with Gasteiger partial charge in [0.15, 0.2) is 0 Å². The summed E-state index contributed by atoms with van der Waals surface area (Å²) in [4.78, 5) is 35.1. The maximum Gasteiger partial charge on any atom is 0.266 e. The molecule has 30 heavy (non-hydrogen) atoms. The lowest BCUT2D eigenvalue weighted by Crippen LogP contribution is -2.21. The summed E-state index contributed by atoms with van der Waals surface area (Å²) in [6, 6.07) is 14.4. The summed E-state index contributed by atoms with van der Waals surface area (Å²) in [5, 5.41) is 8.19. The molecule has 148 valence electrons. The van der Waals surface area contributed by atoms with Crippen LogP contribution in [-0.4, -0.2) is 35.1 Å². The highest BCUT2D eigenvalue weighted by Gasteiger charge is 2.13. The molecule has 0 saturated heterocycles. The predicted molar refractivity (Wildman–Crippen MR) is 117 cm³/mol. The van der Waals surface area contributed by atoms with E-state index in [4.69, 9.17) is 0 Å². The van der Waals surface area contributed by atoms with Gasteiger partial charge in [-0.2, -0.15) is 4.98 Å². The molecule has 0 bridgehead atoms. The molecule has 0 fully saturated rings. The van der Waals surface area contributed by atoms with Gasteiger partial charge in [0.05, 0.1) is 21.8 Å². The van der Waals surface area contributed by atoms with Crippen LogP contribution in [0, 0.1) is 0 Å². The smallest absolute Gasteiger partial charge is 0.266 e. The lowest BCUT2D eigenvalue weighted by Gasteiger charge is -2.08. The zero-order chi connectivity index (χ0) is 20.7. The van der Waals surface area contributed by atoms with Gasteiger partial charge in [-0.05, 0) is 36.1 Å². The molecule has 0 aliphatic carbocycles. The highest BCUT2D eigenvalue weighted by Crippen LogP contribution is 2.17. The molecule has 0 atom stereocenters. The molecule has 0 saturated carbocycles. The van der Waals surface area contributed by atoms with Crippen LogP contribution in [0.15, 0.2) is 75.7 Å². The number of rotatable bonds is 4. The number of benzene rings is 1. The van der Waals surface area contributed by atoms with Crippen molar-refractivity contribution in [3.63, 3.8) is 0 Å². The van der Waals surface area contributed by atoms with E-state index in [9.17, 15) is 9.59 Å². The molecule has 0 unspecified atom stereocenters. The van der Waals surface area contributed by atoms with Crippen molar-refractivity contribution >= 4 is 33.6 Å². The van der Waals surface area contributed by atoms with Crippen molar-refractivity contribution < 1.29 is 0 Å². The molecule has 9 heteroatoms. The summed E-state index contributed by atoms with van der Waals surface area (Å²) in [7, 11) is 0. The molecule has 5 rings (SSSR count). The molecular weight excluding hydrogens is 400 g/mol. The van der Waals surface area contributed by atoms with Gasteiger partial charge < -0.3 is 0 Å². The van der Waals surface area contributed by atoms with E-state index in [1.54, 1.807) is 35.2 Å². The van der Waals surface area contributed by atoms with Crippen LogP contribution in [0.1, 0.15) is 6.92 Å². The van der Waals surface area contributed by atoms with Crippen LogP contribution in [0.25, 0.3) is 33.4 Å². The van der Waals surface area contributed by atoms with Crippen LogP contribution >= 0.6 is 11.8 Å². The average molecular weight is 416 g/mol. The minimum Gasteiger partial charge on any atom is -0.284 e. The Morgan fingerprint density at radius 3 is 2.27 bits per heavy atom. The average Bonchev–Trinajstić information content (AvgIpc) is 3.23. The third-order valence-electron chi connectivity index (χ3n) is 4.73. The van der Waals surface area contributed by atoms with Gasteiger partial charge in [-0.15, -0.1) is 5.10 Å². The first-order chi connectivity index (χ1) is 14.7. The Balaban J connectivity index is 1.72. The highest BCUT2D eigenvalue weighted by molar-refractivity contribution is 7.99. The number of nitrogens with zero attached hydrogens (tertiary/aromatic N) is 5. The van der Waals surface area contributed by atoms with Crippen molar-refractivity contribution in [2.75, 3.05) is 5.75 Å². The van der Waals surface area contributed by atoms with Crippen LogP contribution in [0.2, 0.25) is 0 Å². The van der Waals surface area contributed by atoms with E-state index in [2.05, 4.69) is 20.2 Å². The van der Waals surface area contributed by atoms with E-state index in [0.29, 0.717) is 32.9 Å². The van der Waals surface area contributed by atoms with Crippen LogP contribution in [0.3, 0.4) is 0 Å². The first-order valence-electron chi connectivity index (χ1n) is 9.34. The Morgan fingerprint density at radius 2 is 1.57 bits per heavy atom. The lowest BCUT2D eigenvalue weighted by molar-refractivity contribution is 0.901. The minimum absolute atomic E-state index is 0.232. The van der Waals surface area contributed by atoms with E-state index in [1.165, 1.54) is 16.3 Å². The fourth-order valence-electron chi connectivity index (χ4n) is 3.32. The van der Waals surface area contributed by atoms with Crippen LogP contribution in [0.5, 0.6) is 0 Å². The van der Waals surface area contributed by atoms with Crippen molar-refractivity contribution in [1.82, 2.24) is 29.3 Å². The summed E-state index contributed by atoms with van der Waals surface area (Å²) in [6.45, 7) is 2.00. The third kappa shape index (κ3) is 3.00. The Morgan fingerprint density at radius 1 is 0.900 bits per heavy atom. The van der Waals surface area contributed by atoms with Crippen molar-refractivity contribution in [2.24, 2.45) is 0 Å². The molecular formula is C21H16N6O2S. The highest BCUT2D eigenvalue weighted by atomic mass is 32.2. The van der Waals surface area contributed by atoms with Gasteiger partial charge in [0, 0.05) is 18.1 Å². The summed E-state index contributed by atoms with van der Waals surface area (Å²) in [6.07, 6.45) is 3.30. The van der Waals surface area contributed by atoms with E-state index >= 15 is 0 Å². The van der Waals surface area contributed by atoms with Gasteiger partial charge in [0.25, 0.3) is 11.1 Å². The fourth-order valence-corrected chi connectivity index (χ4v) is 3.84.